The zero-order chi connectivity index (χ0) is 12.4. The summed E-state index contributed by atoms with van der Waals surface area (Å²) in [7, 11) is 0. The van der Waals surface area contributed by atoms with Crippen molar-refractivity contribution in [1.82, 2.24) is 4.98 Å². The quantitative estimate of drug-likeness (QED) is 0.833. The van der Waals surface area contributed by atoms with E-state index in [4.69, 9.17) is 11.5 Å². The number of hydrogen-bond donors (Lipinski definition) is 2. The van der Waals surface area contributed by atoms with Crippen LogP contribution in [0.1, 0.15) is 11.1 Å². The topological polar surface area (TPSA) is 64.9 Å². The first-order valence-electron chi connectivity index (χ1n) is 5.34. The number of anilines is 1. The molecule has 2 aromatic rings. The molecular formula is C13H14FN3. The van der Waals surface area contributed by atoms with Gasteiger partial charge in [0, 0.05) is 17.7 Å². The number of hydrogen-bond acceptors (Lipinski definition) is 3. The van der Waals surface area contributed by atoms with Gasteiger partial charge < -0.3 is 11.5 Å². The molecule has 1 aromatic carbocycles. The number of pyridine rings is 1. The van der Waals surface area contributed by atoms with Crippen LogP contribution in [0.15, 0.2) is 30.3 Å². The molecule has 0 aliphatic carbocycles. The zero-order valence-corrected chi connectivity index (χ0v) is 9.57. The van der Waals surface area contributed by atoms with Crippen LogP contribution >= 0.6 is 0 Å². The minimum absolute atomic E-state index is 0.222. The second-order valence-corrected chi connectivity index (χ2v) is 3.91. The maximum atomic E-state index is 13.2. The third kappa shape index (κ3) is 2.26. The van der Waals surface area contributed by atoms with Crippen molar-refractivity contribution in [3.8, 4) is 11.3 Å². The average molecular weight is 231 g/mol. The van der Waals surface area contributed by atoms with Crippen molar-refractivity contribution in [3.05, 3.63) is 47.3 Å². The molecule has 17 heavy (non-hydrogen) atoms. The fraction of sp³-hybridized carbons (Fsp3) is 0.154. The number of rotatable bonds is 2. The summed E-state index contributed by atoms with van der Waals surface area (Å²) in [5.41, 5.74) is 14.3. The van der Waals surface area contributed by atoms with Gasteiger partial charge in [-0.2, -0.15) is 0 Å². The third-order valence-electron chi connectivity index (χ3n) is 2.69. The van der Waals surface area contributed by atoms with Crippen LogP contribution in [0, 0.1) is 12.7 Å². The number of nitrogens with two attached hydrogens (primary N) is 2. The van der Waals surface area contributed by atoms with Gasteiger partial charge in [-0.1, -0.05) is 6.07 Å². The van der Waals surface area contributed by atoms with E-state index >= 15 is 0 Å². The summed E-state index contributed by atoms with van der Waals surface area (Å²) in [6, 6.07) is 8.55. The molecule has 88 valence electrons. The Morgan fingerprint density at radius 1 is 1.24 bits per heavy atom. The van der Waals surface area contributed by atoms with Gasteiger partial charge in [-0.25, -0.2) is 9.37 Å². The molecule has 1 heterocycles. The number of nitrogen functional groups attached to an aromatic ring is 1. The summed E-state index contributed by atoms with van der Waals surface area (Å²) in [4.78, 5) is 4.26. The van der Waals surface area contributed by atoms with Gasteiger partial charge in [-0.15, -0.1) is 0 Å². The number of aromatic nitrogens is 1. The van der Waals surface area contributed by atoms with E-state index < -0.39 is 0 Å². The van der Waals surface area contributed by atoms with E-state index in [0.717, 1.165) is 16.8 Å². The highest BCUT2D eigenvalue weighted by atomic mass is 19.1. The molecule has 0 aliphatic rings. The molecule has 0 amide bonds. The summed E-state index contributed by atoms with van der Waals surface area (Å²) in [6.45, 7) is 2.08. The Morgan fingerprint density at radius 3 is 2.59 bits per heavy atom. The molecule has 0 saturated carbocycles. The molecule has 0 bridgehead atoms. The van der Waals surface area contributed by atoms with Crippen LogP contribution in [-0.4, -0.2) is 4.98 Å². The molecule has 4 heteroatoms. The molecule has 0 radical (unpaired) electrons. The van der Waals surface area contributed by atoms with Crippen molar-refractivity contribution in [3.63, 3.8) is 0 Å². The van der Waals surface area contributed by atoms with Crippen molar-refractivity contribution in [1.29, 1.82) is 0 Å². The third-order valence-corrected chi connectivity index (χ3v) is 2.69. The van der Waals surface area contributed by atoms with Gasteiger partial charge in [0.2, 0.25) is 0 Å². The van der Waals surface area contributed by atoms with E-state index in [1.807, 2.05) is 12.1 Å². The number of nitrogens with zero attached hydrogens (tertiary/aromatic N) is 1. The lowest BCUT2D eigenvalue weighted by Crippen LogP contribution is -2.04. The van der Waals surface area contributed by atoms with E-state index in [2.05, 4.69) is 4.98 Å². The van der Waals surface area contributed by atoms with Crippen LogP contribution < -0.4 is 11.5 Å². The molecular weight excluding hydrogens is 217 g/mol. The first kappa shape index (κ1) is 11.5. The normalized spacial score (nSPS) is 10.5. The van der Waals surface area contributed by atoms with Gasteiger partial charge in [0.15, 0.2) is 0 Å². The Kier molecular flexibility index (Phi) is 3.06. The highest BCUT2D eigenvalue weighted by molar-refractivity contribution is 5.63. The van der Waals surface area contributed by atoms with Crippen LogP contribution in [0.4, 0.5) is 10.2 Å². The summed E-state index contributed by atoms with van der Waals surface area (Å²) in [5.74, 6) is 0.201. The maximum absolute atomic E-state index is 13.2. The van der Waals surface area contributed by atoms with Crippen LogP contribution in [0.5, 0.6) is 0 Å². The van der Waals surface area contributed by atoms with Crippen molar-refractivity contribution < 1.29 is 4.39 Å². The zero-order valence-electron chi connectivity index (χ0n) is 9.57. The van der Waals surface area contributed by atoms with Gasteiger partial charge in [0.1, 0.15) is 11.6 Å². The lowest BCUT2D eigenvalue weighted by Gasteiger charge is -2.07. The first-order chi connectivity index (χ1) is 8.11. The molecule has 1 aromatic heterocycles. The highest BCUT2D eigenvalue weighted by Crippen LogP contribution is 2.22. The number of aryl methyl sites for hydroxylation is 1. The second-order valence-electron chi connectivity index (χ2n) is 3.91. The van der Waals surface area contributed by atoms with Gasteiger partial charge >= 0.3 is 0 Å². The molecule has 4 N–H and O–H groups in total. The van der Waals surface area contributed by atoms with E-state index in [1.165, 1.54) is 6.07 Å². The minimum Gasteiger partial charge on any atom is -0.383 e. The lowest BCUT2D eigenvalue weighted by atomic mass is 10.1. The van der Waals surface area contributed by atoms with E-state index in [-0.39, 0.29) is 5.82 Å². The number of benzene rings is 1. The predicted octanol–water partition coefficient (Wildman–Crippen LogP) is 2.24. The molecule has 0 unspecified atom stereocenters. The van der Waals surface area contributed by atoms with Crippen molar-refractivity contribution in [2.75, 3.05) is 5.73 Å². The lowest BCUT2D eigenvalue weighted by molar-refractivity contribution is 0.619. The molecule has 3 nitrogen and oxygen atoms in total. The molecule has 0 spiro atoms. The van der Waals surface area contributed by atoms with Crippen LogP contribution in [0.25, 0.3) is 11.3 Å². The van der Waals surface area contributed by atoms with Gasteiger partial charge in [-0.3, -0.25) is 0 Å². The Balaban J connectivity index is 2.46. The van der Waals surface area contributed by atoms with Crippen molar-refractivity contribution >= 4 is 5.82 Å². The summed E-state index contributed by atoms with van der Waals surface area (Å²) in [5, 5.41) is 0. The van der Waals surface area contributed by atoms with E-state index in [0.29, 0.717) is 17.9 Å². The van der Waals surface area contributed by atoms with Crippen LogP contribution in [0.2, 0.25) is 0 Å². The molecule has 0 atom stereocenters. The largest absolute Gasteiger partial charge is 0.383 e. The second kappa shape index (κ2) is 4.51. The monoisotopic (exact) mass is 231 g/mol. The molecule has 2 rings (SSSR count). The van der Waals surface area contributed by atoms with Crippen molar-refractivity contribution in [2.45, 2.75) is 13.5 Å². The van der Waals surface area contributed by atoms with Gasteiger partial charge in [-0.05, 0) is 36.8 Å². The Labute approximate surface area is 99.3 Å². The van der Waals surface area contributed by atoms with Gasteiger partial charge in [0.25, 0.3) is 0 Å². The van der Waals surface area contributed by atoms with Gasteiger partial charge in [0.05, 0.1) is 5.69 Å². The number of halogens is 1. The molecule has 0 saturated heterocycles. The molecule has 0 aliphatic heterocycles. The van der Waals surface area contributed by atoms with E-state index in [9.17, 15) is 4.39 Å². The van der Waals surface area contributed by atoms with Crippen LogP contribution in [0.3, 0.4) is 0 Å². The fourth-order valence-electron chi connectivity index (χ4n) is 1.64. The Hall–Kier alpha value is -1.94. The van der Waals surface area contributed by atoms with Crippen molar-refractivity contribution in [2.24, 2.45) is 5.73 Å². The van der Waals surface area contributed by atoms with Crippen LogP contribution in [-0.2, 0) is 6.54 Å². The highest BCUT2D eigenvalue weighted by Gasteiger charge is 2.05. The standard InChI is InChI=1S/C13H14FN3/c1-8-6-9(2-4-11(8)14)12-5-3-10(7-15)13(16)17-12/h2-6H,7,15H2,1H3,(H2,16,17). The summed E-state index contributed by atoms with van der Waals surface area (Å²) in [6.07, 6.45) is 0. The van der Waals surface area contributed by atoms with E-state index in [1.54, 1.807) is 19.1 Å². The summed E-state index contributed by atoms with van der Waals surface area (Å²) < 4.78 is 13.2. The SMILES string of the molecule is Cc1cc(-c2ccc(CN)c(N)n2)ccc1F. The maximum Gasteiger partial charge on any atom is 0.128 e. The minimum atomic E-state index is -0.222. The average Bonchev–Trinajstić information content (AvgIpc) is 2.32. The summed E-state index contributed by atoms with van der Waals surface area (Å²) >= 11 is 0. The molecule has 0 fully saturated rings. The fourth-order valence-corrected chi connectivity index (χ4v) is 1.64. The first-order valence-corrected chi connectivity index (χ1v) is 5.34. The Bertz CT molecular complexity index is 552. The predicted molar refractivity (Wildman–Crippen MR) is 66.7 cm³/mol. The Morgan fingerprint density at radius 2 is 2.00 bits per heavy atom. The smallest absolute Gasteiger partial charge is 0.128 e.